The molecule has 0 aliphatic carbocycles. The Morgan fingerprint density at radius 3 is 1.90 bits per heavy atom. The maximum Gasteiger partial charge on any atom is 0.259 e. The van der Waals surface area contributed by atoms with Crippen molar-refractivity contribution < 1.29 is 19.5 Å². The summed E-state index contributed by atoms with van der Waals surface area (Å²) in [6.07, 6.45) is 1.37. The van der Waals surface area contributed by atoms with Gasteiger partial charge in [-0.25, -0.2) is 5.43 Å². The molecule has 0 atom stereocenters. The van der Waals surface area contributed by atoms with E-state index in [9.17, 15) is 19.5 Å². The number of benzene rings is 3. The van der Waals surface area contributed by atoms with Gasteiger partial charge in [-0.3, -0.25) is 9.59 Å². The molecular weight excluding hydrogens is 394 g/mol. The van der Waals surface area contributed by atoms with E-state index in [1.807, 2.05) is 60.7 Å². The second kappa shape index (κ2) is 10.5. The molecule has 0 unspecified atom stereocenters. The summed E-state index contributed by atoms with van der Waals surface area (Å²) >= 11 is 0. The van der Waals surface area contributed by atoms with E-state index in [0.717, 1.165) is 11.1 Å². The van der Waals surface area contributed by atoms with Crippen molar-refractivity contribution in [1.82, 2.24) is 10.7 Å². The Hall–Kier alpha value is -4.26. The molecule has 0 saturated carbocycles. The first-order valence-electron chi connectivity index (χ1n) is 9.55. The number of hydrazone groups is 1. The predicted octanol–water partition coefficient (Wildman–Crippen LogP) is 1.45. The lowest BCUT2D eigenvalue weighted by atomic mass is 9.90. The van der Waals surface area contributed by atoms with Crippen LogP contribution in [-0.4, -0.2) is 30.5 Å². The van der Waals surface area contributed by atoms with Crippen LogP contribution in [0.25, 0.3) is 0 Å². The monoisotopic (exact) mass is 414 g/mol. The van der Waals surface area contributed by atoms with Crippen LogP contribution in [0.3, 0.4) is 0 Å². The summed E-state index contributed by atoms with van der Waals surface area (Å²) in [5.41, 5.74) is 4.63. The van der Waals surface area contributed by atoms with Crippen molar-refractivity contribution in [3.8, 4) is 0 Å². The minimum atomic E-state index is -1.27. The zero-order valence-corrected chi connectivity index (χ0v) is 16.5. The molecule has 0 saturated heterocycles. The number of rotatable bonds is 8. The summed E-state index contributed by atoms with van der Waals surface area (Å²) in [6.45, 7) is -0.240. The van der Waals surface area contributed by atoms with Gasteiger partial charge in [0.2, 0.25) is 5.91 Å². The molecule has 7 heteroatoms. The number of carboxylic acids is 1. The van der Waals surface area contributed by atoms with Crippen molar-refractivity contribution >= 4 is 24.0 Å². The SMILES string of the molecule is O=C(CNC(=O)C(c1ccccc1)c1ccccc1)NN=Cc1ccc(C(=O)[O-])cc1. The van der Waals surface area contributed by atoms with Gasteiger partial charge in [0.1, 0.15) is 0 Å². The van der Waals surface area contributed by atoms with E-state index >= 15 is 0 Å². The Bertz CT molecular complexity index is 1030. The van der Waals surface area contributed by atoms with Gasteiger partial charge in [-0.05, 0) is 22.3 Å². The Morgan fingerprint density at radius 2 is 1.39 bits per heavy atom. The second-order valence-electron chi connectivity index (χ2n) is 6.67. The van der Waals surface area contributed by atoms with Crippen molar-refractivity contribution in [1.29, 1.82) is 0 Å². The Balaban J connectivity index is 1.58. The van der Waals surface area contributed by atoms with Crippen LogP contribution in [0.2, 0.25) is 0 Å². The van der Waals surface area contributed by atoms with Crippen LogP contribution in [0.5, 0.6) is 0 Å². The molecule has 0 heterocycles. The molecule has 3 aromatic carbocycles. The zero-order chi connectivity index (χ0) is 22.1. The lowest BCUT2D eigenvalue weighted by molar-refractivity contribution is -0.255. The van der Waals surface area contributed by atoms with Gasteiger partial charge < -0.3 is 15.2 Å². The summed E-state index contributed by atoms with van der Waals surface area (Å²) in [5, 5.41) is 17.2. The van der Waals surface area contributed by atoms with Crippen molar-refractivity contribution in [2.75, 3.05) is 6.54 Å². The molecule has 3 aromatic rings. The van der Waals surface area contributed by atoms with Crippen LogP contribution in [-0.2, 0) is 9.59 Å². The van der Waals surface area contributed by atoms with E-state index in [0.29, 0.717) is 5.56 Å². The van der Waals surface area contributed by atoms with Crippen LogP contribution in [0.1, 0.15) is 33.0 Å². The number of nitrogens with one attached hydrogen (secondary N) is 2. The molecule has 2 amide bonds. The van der Waals surface area contributed by atoms with Crippen molar-refractivity contribution in [3.63, 3.8) is 0 Å². The Labute approximate surface area is 179 Å². The molecule has 156 valence electrons. The van der Waals surface area contributed by atoms with Crippen LogP contribution in [0, 0.1) is 0 Å². The summed E-state index contributed by atoms with van der Waals surface area (Å²) in [6, 6.07) is 24.5. The second-order valence-corrected chi connectivity index (χ2v) is 6.67. The van der Waals surface area contributed by atoms with Crippen molar-refractivity contribution in [2.24, 2.45) is 5.10 Å². The fourth-order valence-corrected chi connectivity index (χ4v) is 2.98. The number of carbonyl (C=O) groups excluding carboxylic acids is 3. The van der Waals surface area contributed by atoms with Crippen LogP contribution < -0.4 is 15.8 Å². The third-order valence-electron chi connectivity index (χ3n) is 4.50. The van der Waals surface area contributed by atoms with Crippen molar-refractivity contribution in [2.45, 2.75) is 5.92 Å². The predicted molar refractivity (Wildman–Crippen MR) is 114 cm³/mol. The van der Waals surface area contributed by atoms with E-state index in [1.165, 1.54) is 30.5 Å². The van der Waals surface area contributed by atoms with E-state index in [2.05, 4.69) is 15.8 Å². The first-order chi connectivity index (χ1) is 15.0. The maximum absolute atomic E-state index is 12.8. The van der Waals surface area contributed by atoms with Crippen LogP contribution >= 0.6 is 0 Å². The lowest BCUT2D eigenvalue weighted by Crippen LogP contribution is -2.37. The molecule has 0 radical (unpaired) electrons. The van der Waals surface area contributed by atoms with Crippen LogP contribution in [0.15, 0.2) is 90.0 Å². The lowest BCUT2D eigenvalue weighted by Gasteiger charge is -2.17. The maximum atomic E-state index is 12.8. The Morgan fingerprint density at radius 1 is 0.839 bits per heavy atom. The molecule has 3 rings (SSSR count). The van der Waals surface area contributed by atoms with E-state index < -0.39 is 17.8 Å². The molecule has 0 fully saturated rings. The van der Waals surface area contributed by atoms with Gasteiger partial charge in [-0.2, -0.15) is 5.10 Å². The smallest absolute Gasteiger partial charge is 0.259 e. The molecule has 0 spiro atoms. The quantitative estimate of drug-likeness (QED) is 0.429. The normalized spacial score (nSPS) is 10.7. The zero-order valence-electron chi connectivity index (χ0n) is 16.5. The first-order valence-corrected chi connectivity index (χ1v) is 9.55. The average molecular weight is 414 g/mol. The highest BCUT2D eigenvalue weighted by Crippen LogP contribution is 2.24. The van der Waals surface area contributed by atoms with Gasteiger partial charge in [-0.15, -0.1) is 0 Å². The van der Waals surface area contributed by atoms with Crippen molar-refractivity contribution in [3.05, 3.63) is 107 Å². The fraction of sp³-hybridized carbons (Fsp3) is 0.0833. The average Bonchev–Trinajstić information content (AvgIpc) is 2.80. The molecule has 0 aromatic heterocycles. The van der Waals surface area contributed by atoms with E-state index in [1.54, 1.807) is 0 Å². The van der Waals surface area contributed by atoms with Gasteiger partial charge >= 0.3 is 0 Å². The molecule has 0 bridgehead atoms. The van der Waals surface area contributed by atoms with Gasteiger partial charge in [0.05, 0.1) is 24.6 Å². The molecule has 31 heavy (non-hydrogen) atoms. The minimum Gasteiger partial charge on any atom is -0.545 e. The number of carbonyl (C=O) groups is 3. The molecule has 0 aliphatic rings. The number of aromatic carboxylic acids is 1. The summed E-state index contributed by atoms with van der Waals surface area (Å²) in [4.78, 5) is 35.6. The summed E-state index contributed by atoms with van der Waals surface area (Å²) in [5.74, 6) is -2.59. The van der Waals surface area contributed by atoms with Gasteiger partial charge in [0.25, 0.3) is 5.91 Å². The third-order valence-corrected chi connectivity index (χ3v) is 4.50. The molecule has 7 nitrogen and oxygen atoms in total. The number of carboxylic acid groups (broad SMARTS) is 1. The summed E-state index contributed by atoms with van der Waals surface area (Å²) < 4.78 is 0. The van der Waals surface area contributed by atoms with Gasteiger partial charge in [-0.1, -0.05) is 84.9 Å². The summed E-state index contributed by atoms with van der Waals surface area (Å²) in [7, 11) is 0. The fourth-order valence-electron chi connectivity index (χ4n) is 2.98. The standard InChI is InChI=1S/C24H21N3O4/c28-21(27-26-15-17-11-13-20(14-12-17)24(30)31)16-25-23(29)22(18-7-3-1-4-8-18)19-9-5-2-6-10-19/h1-15,22H,16H2,(H,25,29)(H,27,28)(H,30,31)/p-1. The van der Waals surface area contributed by atoms with E-state index in [4.69, 9.17) is 0 Å². The van der Waals surface area contributed by atoms with E-state index in [-0.39, 0.29) is 18.0 Å². The number of nitrogens with zero attached hydrogens (tertiary/aromatic N) is 1. The highest BCUT2D eigenvalue weighted by Gasteiger charge is 2.22. The Kier molecular flexibility index (Phi) is 7.26. The number of hydrogen-bond donors (Lipinski definition) is 2. The van der Waals surface area contributed by atoms with Crippen LogP contribution in [0.4, 0.5) is 0 Å². The highest BCUT2D eigenvalue weighted by molar-refractivity contribution is 5.91. The minimum absolute atomic E-state index is 0.0512. The largest absolute Gasteiger partial charge is 0.545 e. The third kappa shape index (κ3) is 6.11. The molecular formula is C24H20N3O4-. The topological polar surface area (TPSA) is 111 Å². The highest BCUT2D eigenvalue weighted by atomic mass is 16.4. The van der Waals surface area contributed by atoms with Gasteiger partial charge in [0, 0.05) is 0 Å². The first kappa shape index (κ1) is 21.4. The van der Waals surface area contributed by atoms with Gasteiger partial charge in [0.15, 0.2) is 0 Å². The molecule has 2 N–H and O–H groups in total. The molecule has 0 aliphatic heterocycles. The number of amides is 2. The number of hydrogen-bond acceptors (Lipinski definition) is 5.